The Kier molecular flexibility index (Phi) is 13.5. The van der Waals surface area contributed by atoms with Gasteiger partial charge in [-0.05, 0) is 45.9 Å². The molecule has 2 heterocycles. The van der Waals surface area contributed by atoms with Crippen LogP contribution in [-0.2, 0) is 23.7 Å². The fraction of sp³-hybridized carbons (Fsp3) is 0.885. The van der Waals surface area contributed by atoms with Crippen LogP contribution in [-0.4, -0.2) is 150 Å². The molecule has 0 radical (unpaired) electrons. The van der Waals surface area contributed by atoms with Crippen molar-refractivity contribution >= 4 is 5.91 Å². The van der Waals surface area contributed by atoms with E-state index in [1.54, 1.807) is 13.1 Å². The highest BCUT2D eigenvalue weighted by Gasteiger charge is 2.51. The van der Waals surface area contributed by atoms with Crippen LogP contribution in [0, 0.1) is 0 Å². The Balaban J connectivity index is 1.74. The van der Waals surface area contributed by atoms with Crippen molar-refractivity contribution in [3.05, 3.63) is 11.8 Å². The van der Waals surface area contributed by atoms with E-state index in [0.29, 0.717) is 38.2 Å². The van der Waals surface area contributed by atoms with E-state index in [1.807, 2.05) is 0 Å². The topological polar surface area (TPSA) is 295 Å². The van der Waals surface area contributed by atoms with E-state index in [1.165, 1.54) is 6.92 Å². The molecule has 0 aromatic rings. The number of aliphatic hydroxyl groups excluding tert-OH is 4. The third-order valence-electron chi connectivity index (χ3n) is 8.01. The van der Waals surface area contributed by atoms with Crippen LogP contribution in [0.1, 0.15) is 26.2 Å². The molecule has 0 aromatic heterocycles. The molecule has 2 fully saturated rings. The maximum atomic E-state index is 12.5. The first-order valence-corrected chi connectivity index (χ1v) is 14.6. The molecule has 1 aliphatic carbocycles. The number of hydrogen-bond donors (Lipinski definition) is 12. The van der Waals surface area contributed by atoms with Crippen LogP contribution in [0.3, 0.4) is 0 Å². The summed E-state index contributed by atoms with van der Waals surface area (Å²) in [5, 5.41) is 61.5. The first-order valence-electron chi connectivity index (χ1n) is 14.6. The number of amides is 1. The zero-order valence-corrected chi connectivity index (χ0v) is 24.7. The largest absolute Gasteiger partial charge is 0.467 e. The molecule has 3 rings (SSSR count). The summed E-state index contributed by atoms with van der Waals surface area (Å²) in [6.07, 6.45) is -6.87. The summed E-state index contributed by atoms with van der Waals surface area (Å²) in [7, 11) is 1.56. The second kappa shape index (κ2) is 16.1. The fourth-order valence-electron chi connectivity index (χ4n) is 5.56. The van der Waals surface area contributed by atoms with E-state index < -0.39 is 84.9 Å². The number of rotatable bonds is 14. The second-order valence-electron chi connectivity index (χ2n) is 11.7. The molecule has 2 aliphatic heterocycles. The van der Waals surface area contributed by atoms with E-state index >= 15 is 0 Å². The van der Waals surface area contributed by atoms with E-state index in [9.17, 15) is 30.3 Å². The average molecular weight is 622 g/mol. The molecule has 250 valence electrons. The Labute approximate surface area is 251 Å². The van der Waals surface area contributed by atoms with Crippen molar-refractivity contribution in [2.24, 2.45) is 22.9 Å². The van der Waals surface area contributed by atoms with Crippen molar-refractivity contribution in [1.82, 2.24) is 16.0 Å². The number of hydrogen-bond acceptors (Lipinski definition) is 16. The predicted octanol–water partition coefficient (Wildman–Crippen LogP) is -6.03. The molecule has 0 bridgehead atoms. The highest BCUT2D eigenvalue weighted by Crippen LogP contribution is 2.32. The number of carbonyl (C=O) groups excluding carboxylic acids is 1. The lowest BCUT2D eigenvalue weighted by molar-refractivity contribution is -0.304. The van der Waals surface area contributed by atoms with Gasteiger partial charge in [-0.3, -0.25) is 4.79 Å². The number of carbonyl (C=O) groups is 1. The summed E-state index contributed by atoms with van der Waals surface area (Å²) in [5.74, 6) is -0.263. The lowest BCUT2D eigenvalue weighted by Crippen LogP contribution is -2.69. The fourth-order valence-corrected chi connectivity index (χ4v) is 5.56. The van der Waals surface area contributed by atoms with Crippen LogP contribution in [0.4, 0.5) is 0 Å². The van der Waals surface area contributed by atoms with Gasteiger partial charge < -0.3 is 83.4 Å². The molecule has 3 aliphatic rings. The minimum absolute atomic E-state index is 0.0383. The van der Waals surface area contributed by atoms with Gasteiger partial charge in [0.25, 0.3) is 0 Å². The van der Waals surface area contributed by atoms with Crippen molar-refractivity contribution in [3.63, 3.8) is 0 Å². The van der Waals surface area contributed by atoms with Crippen molar-refractivity contribution in [1.29, 1.82) is 0 Å². The summed E-state index contributed by atoms with van der Waals surface area (Å²) in [6.45, 7) is 1.94. The third kappa shape index (κ3) is 9.24. The van der Waals surface area contributed by atoms with E-state index in [0.717, 1.165) is 0 Å². The van der Waals surface area contributed by atoms with Gasteiger partial charge in [-0.1, -0.05) is 0 Å². The smallest absolute Gasteiger partial charge is 0.250 e. The Morgan fingerprint density at radius 1 is 1.14 bits per heavy atom. The van der Waals surface area contributed by atoms with Gasteiger partial charge in [-0.2, -0.15) is 0 Å². The van der Waals surface area contributed by atoms with Gasteiger partial charge in [0.05, 0.1) is 37.4 Å². The van der Waals surface area contributed by atoms with Crippen molar-refractivity contribution in [2.75, 3.05) is 39.8 Å². The minimum atomic E-state index is -1.51. The van der Waals surface area contributed by atoms with Crippen LogP contribution in [0.2, 0.25) is 0 Å². The lowest BCUT2D eigenvalue weighted by atomic mass is 9.83. The van der Waals surface area contributed by atoms with Crippen LogP contribution >= 0.6 is 0 Å². The molecule has 1 saturated carbocycles. The Morgan fingerprint density at radius 3 is 2.49 bits per heavy atom. The van der Waals surface area contributed by atoms with Gasteiger partial charge in [0, 0.05) is 19.1 Å². The highest BCUT2D eigenvalue weighted by molar-refractivity contribution is 5.81. The molecule has 43 heavy (non-hydrogen) atoms. The normalized spacial score (nSPS) is 39.8. The molecule has 16 N–H and O–H groups in total. The van der Waals surface area contributed by atoms with Crippen LogP contribution in [0.25, 0.3) is 0 Å². The first kappa shape index (κ1) is 35.9. The third-order valence-corrected chi connectivity index (χ3v) is 8.01. The maximum Gasteiger partial charge on any atom is 0.250 e. The van der Waals surface area contributed by atoms with Crippen molar-refractivity contribution < 1.29 is 49.3 Å². The van der Waals surface area contributed by atoms with Crippen LogP contribution < -0.4 is 38.9 Å². The number of nitrogens with two attached hydrogens (primary N) is 4. The molecule has 1 amide bonds. The zero-order valence-electron chi connectivity index (χ0n) is 24.7. The predicted molar refractivity (Wildman–Crippen MR) is 153 cm³/mol. The molecule has 0 aromatic carbocycles. The van der Waals surface area contributed by atoms with Gasteiger partial charge >= 0.3 is 0 Å². The molecule has 1 unspecified atom stereocenters. The van der Waals surface area contributed by atoms with Gasteiger partial charge in [-0.15, -0.1) is 0 Å². The molecule has 1 saturated heterocycles. The summed E-state index contributed by atoms with van der Waals surface area (Å²) in [6, 6.07) is -3.21. The molecule has 17 nitrogen and oxygen atoms in total. The van der Waals surface area contributed by atoms with E-state index in [2.05, 4.69) is 16.0 Å². The molecule has 13 atom stereocenters. The van der Waals surface area contributed by atoms with Crippen LogP contribution in [0.15, 0.2) is 11.8 Å². The summed E-state index contributed by atoms with van der Waals surface area (Å²) in [4.78, 5) is 12.5. The maximum absolute atomic E-state index is 12.5. The highest BCUT2D eigenvalue weighted by atomic mass is 16.7. The Bertz CT molecular complexity index is 918. The monoisotopic (exact) mass is 621 g/mol. The van der Waals surface area contributed by atoms with Gasteiger partial charge in [0.2, 0.25) is 12.2 Å². The Hall–Kier alpha value is -1.55. The molecule has 0 spiro atoms. The molecular weight excluding hydrogens is 570 g/mol. The minimum Gasteiger partial charge on any atom is -0.467 e. The standard InChI is InChI=1S/C26H51N7O10/c1-26(39)11-40-25(19(37)22(26)31-2)43-21-16(33-23(38)17(35)8-28)7-15(30)20(18(21)36)42-24-14(29)4-3-13(41-24)10-32-9-12(34)5-6-27/h3,12,14-22,24-25,31-32,34-37,39H,4-11,27-30H2,1-2H3,(H,33,38)/t12?,14-,15+,16-,17+,18+,19-,20-,21+,22-,24-,25-,26+/m1/s1. The zero-order chi connectivity index (χ0) is 31.9. The first-order chi connectivity index (χ1) is 20.3. The van der Waals surface area contributed by atoms with Crippen molar-refractivity contribution in [2.45, 2.75) is 105 Å². The van der Waals surface area contributed by atoms with Gasteiger partial charge in [0.1, 0.15) is 41.9 Å². The van der Waals surface area contributed by atoms with Crippen molar-refractivity contribution in [3.8, 4) is 0 Å². The molecule has 17 heteroatoms. The van der Waals surface area contributed by atoms with E-state index in [-0.39, 0.29) is 19.6 Å². The van der Waals surface area contributed by atoms with E-state index in [4.69, 9.17) is 41.9 Å². The second-order valence-corrected chi connectivity index (χ2v) is 11.7. The number of nitrogens with one attached hydrogen (secondary N) is 3. The average Bonchev–Trinajstić information content (AvgIpc) is 2.95. The Morgan fingerprint density at radius 2 is 1.84 bits per heavy atom. The summed E-state index contributed by atoms with van der Waals surface area (Å²) < 4.78 is 23.8. The van der Waals surface area contributed by atoms with Gasteiger partial charge in [0.15, 0.2) is 6.29 Å². The number of ether oxygens (including phenoxy) is 4. The van der Waals surface area contributed by atoms with Crippen LogP contribution in [0.5, 0.6) is 0 Å². The quantitative estimate of drug-likeness (QED) is 0.0859. The summed E-state index contributed by atoms with van der Waals surface area (Å²) >= 11 is 0. The number of aliphatic hydroxyl groups is 5. The number of likely N-dealkylation sites (N-methyl/N-ethyl adjacent to an activating group) is 1. The van der Waals surface area contributed by atoms with Gasteiger partial charge in [-0.25, -0.2) is 0 Å². The summed E-state index contributed by atoms with van der Waals surface area (Å²) in [5.41, 5.74) is 22.2. The molecular formula is C26H51N7O10. The lowest BCUT2D eigenvalue weighted by Gasteiger charge is -2.48. The SMILES string of the molecule is CN[C@@H]1[C@@H](O)[C@@H](O[C@@H]2[C@@H](O)[C@H](O[C@H]3OC(CNCC(O)CCN)=CC[C@H]3N)[C@@H](N)C[C@H]2NC(=O)[C@@H](O)CN)OC[C@]1(C)O.